The highest BCUT2D eigenvalue weighted by Crippen LogP contribution is 2.14. The number of hydrogen-bond acceptors (Lipinski definition) is 2. The van der Waals surface area contributed by atoms with Crippen LogP contribution in [0, 0.1) is 0 Å². The van der Waals surface area contributed by atoms with E-state index in [2.05, 4.69) is 24.1 Å². The Labute approximate surface area is 106 Å². The van der Waals surface area contributed by atoms with Gasteiger partial charge in [-0.3, -0.25) is 0 Å². The first-order valence-electron chi connectivity index (χ1n) is 6.95. The van der Waals surface area contributed by atoms with E-state index in [1.165, 1.54) is 56.7 Å². The van der Waals surface area contributed by atoms with Crippen molar-refractivity contribution in [3.8, 4) is 0 Å². The van der Waals surface area contributed by atoms with Crippen molar-refractivity contribution in [1.82, 2.24) is 4.90 Å². The lowest BCUT2D eigenvalue weighted by molar-refractivity contribution is 0.299. The molecule has 1 aromatic rings. The lowest BCUT2D eigenvalue weighted by Crippen LogP contribution is -2.43. The SMILES string of the molecule is C[Si](C)(CCN1CCCCCC1)c1ccco1. The summed E-state index contributed by atoms with van der Waals surface area (Å²) >= 11 is 0. The molecule has 1 saturated heterocycles. The number of rotatable bonds is 4. The van der Waals surface area contributed by atoms with Gasteiger partial charge in [-0.25, -0.2) is 0 Å². The summed E-state index contributed by atoms with van der Waals surface area (Å²) in [7, 11) is -1.34. The molecule has 0 atom stereocenters. The fourth-order valence-corrected chi connectivity index (χ4v) is 4.64. The summed E-state index contributed by atoms with van der Waals surface area (Å²) < 4.78 is 5.61. The van der Waals surface area contributed by atoms with Crippen LogP contribution < -0.4 is 5.38 Å². The van der Waals surface area contributed by atoms with Crippen LogP contribution >= 0.6 is 0 Å². The zero-order chi connectivity index (χ0) is 12.1. The van der Waals surface area contributed by atoms with Crippen LogP contribution in [0.3, 0.4) is 0 Å². The van der Waals surface area contributed by atoms with Crippen LogP contribution in [-0.4, -0.2) is 32.6 Å². The van der Waals surface area contributed by atoms with Gasteiger partial charge in [-0.2, -0.15) is 0 Å². The highest BCUT2D eigenvalue weighted by Gasteiger charge is 2.27. The largest absolute Gasteiger partial charge is 0.475 e. The molecule has 0 spiro atoms. The molecule has 3 heteroatoms. The summed E-state index contributed by atoms with van der Waals surface area (Å²) in [5.41, 5.74) is 0. The van der Waals surface area contributed by atoms with Crippen molar-refractivity contribution in [2.75, 3.05) is 19.6 Å². The fraction of sp³-hybridized carbons (Fsp3) is 0.714. The average molecular weight is 251 g/mol. The van der Waals surface area contributed by atoms with Crippen LogP contribution in [0.4, 0.5) is 0 Å². The van der Waals surface area contributed by atoms with E-state index in [-0.39, 0.29) is 0 Å². The number of likely N-dealkylation sites (tertiary alicyclic amines) is 1. The lowest BCUT2D eigenvalue weighted by Gasteiger charge is -2.25. The quantitative estimate of drug-likeness (QED) is 0.765. The molecule has 0 aromatic carbocycles. The van der Waals surface area contributed by atoms with Crippen molar-refractivity contribution >= 4 is 13.5 Å². The van der Waals surface area contributed by atoms with Gasteiger partial charge in [-0.05, 0) is 50.7 Å². The lowest BCUT2D eigenvalue weighted by atomic mass is 10.2. The van der Waals surface area contributed by atoms with E-state index < -0.39 is 8.07 Å². The number of nitrogens with zero attached hydrogens (tertiary/aromatic N) is 1. The fourth-order valence-electron chi connectivity index (χ4n) is 2.58. The molecule has 1 fully saturated rings. The Bertz CT molecular complexity index is 313. The summed E-state index contributed by atoms with van der Waals surface area (Å²) in [5.74, 6) is 0. The molecule has 1 aliphatic heterocycles. The summed E-state index contributed by atoms with van der Waals surface area (Å²) in [5, 5.41) is 1.26. The molecule has 1 aromatic heterocycles. The van der Waals surface area contributed by atoms with E-state index >= 15 is 0 Å². The molecule has 0 unspecified atom stereocenters. The van der Waals surface area contributed by atoms with E-state index in [9.17, 15) is 0 Å². The molecule has 2 nitrogen and oxygen atoms in total. The molecule has 0 aliphatic carbocycles. The van der Waals surface area contributed by atoms with Gasteiger partial charge in [0.15, 0.2) is 0 Å². The summed E-state index contributed by atoms with van der Waals surface area (Å²) in [6, 6.07) is 5.51. The van der Waals surface area contributed by atoms with E-state index in [0.29, 0.717) is 0 Å². The van der Waals surface area contributed by atoms with Gasteiger partial charge in [-0.1, -0.05) is 25.9 Å². The first-order chi connectivity index (χ1) is 8.18. The van der Waals surface area contributed by atoms with Crippen LogP contribution in [0.2, 0.25) is 19.1 Å². The second-order valence-electron chi connectivity index (χ2n) is 5.87. The van der Waals surface area contributed by atoms with Crippen molar-refractivity contribution in [2.24, 2.45) is 0 Å². The minimum atomic E-state index is -1.34. The smallest absolute Gasteiger partial charge is 0.127 e. The Morgan fingerprint density at radius 1 is 1.18 bits per heavy atom. The van der Waals surface area contributed by atoms with E-state index in [1.54, 1.807) is 0 Å². The Morgan fingerprint density at radius 2 is 1.88 bits per heavy atom. The summed E-state index contributed by atoms with van der Waals surface area (Å²) in [6.45, 7) is 8.72. The second kappa shape index (κ2) is 5.87. The Morgan fingerprint density at radius 3 is 2.47 bits per heavy atom. The predicted octanol–water partition coefficient (Wildman–Crippen LogP) is 3.07. The van der Waals surface area contributed by atoms with Crippen LogP contribution in [0.15, 0.2) is 22.8 Å². The third kappa shape index (κ3) is 3.71. The molecule has 0 amide bonds. The molecule has 2 heterocycles. The van der Waals surface area contributed by atoms with Gasteiger partial charge in [-0.15, -0.1) is 0 Å². The normalized spacial score (nSPS) is 19.2. The highest BCUT2D eigenvalue weighted by atomic mass is 28.3. The first-order valence-corrected chi connectivity index (χ1v) is 10.2. The van der Waals surface area contributed by atoms with Crippen molar-refractivity contribution < 1.29 is 4.42 Å². The van der Waals surface area contributed by atoms with Gasteiger partial charge in [0, 0.05) is 0 Å². The van der Waals surface area contributed by atoms with Crippen LogP contribution in [0.1, 0.15) is 25.7 Å². The number of hydrogen-bond donors (Lipinski definition) is 0. The Balaban J connectivity index is 1.84. The van der Waals surface area contributed by atoms with Crippen LogP contribution in [0.25, 0.3) is 0 Å². The van der Waals surface area contributed by atoms with Gasteiger partial charge >= 0.3 is 0 Å². The zero-order valence-corrected chi connectivity index (χ0v) is 12.2. The third-order valence-electron chi connectivity index (χ3n) is 3.94. The molecule has 17 heavy (non-hydrogen) atoms. The predicted molar refractivity (Wildman–Crippen MR) is 75.5 cm³/mol. The highest BCUT2D eigenvalue weighted by molar-refractivity contribution is 6.88. The summed E-state index contributed by atoms with van der Waals surface area (Å²) in [6.07, 6.45) is 7.45. The maximum Gasteiger partial charge on any atom is 0.127 e. The van der Waals surface area contributed by atoms with Crippen molar-refractivity contribution in [1.29, 1.82) is 0 Å². The number of furan rings is 1. The molecular formula is C14H25NOSi. The standard InChI is InChI=1S/C14H25NOSi/c1-17(2,14-8-7-12-16-14)13-11-15-9-5-3-4-6-10-15/h7-8,12H,3-6,9-11,13H2,1-2H3. The van der Waals surface area contributed by atoms with E-state index in [4.69, 9.17) is 4.42 Å². The maximum absolute atomic E-state index is 5.61. The summed E-state index contributed by atoms with van der Waals surface area (Å²) in [4.78, 5) is 2.66. The molecular weight excluding hydrogens is 226 g/mol. The molecule has 96 valence electrons. The van der Waals surface area contributed by atoms with Crippen LogP contribution in [-0.2, 0) is 0 Å². The van der Waals surface area contributed by atoms with Crippen molar-refractivity contribution in [3.63, 3.8) is 0 Å². The zero-order valence-electron chi connectivity index (χ0n) is 11.2. The van der Waals surface area contributed by atoms with Gasteiger partial charge in [0.1, 0.15) is 8.07 Å². The maximum atomic E-state index is 5.61. The van der Waals surface area contributed by atoms with E-state index in [0.717, 1.165) is 0 Å². The average Bonchev–Trinajstić information content (AvgIpc) is 2.72. The van der Waals surface area contributed by atoms with E-state index in [1.807, 2.05) is 12.3 Å². The molecule has 0 saturated carbocycles. The minimum Gasteiger partial charge on any atom is -0.475 e. The van der Waals surface area contributed by atoms with Crippen molar-refractivity contribution in [3.05, 3.63) is 18.4 Å². The molecule has 0 radical (unpaired) electrons. The Hall–Kier alpha value is -0.543. The van der Waals surface area contributed by atoms with Crippen molar-refractivity contribution in [2.45, 2.75) is 44.8 Å². The van der Waals surface area contributed by atoms with Gasteiger partial charge < -0.3 is 9.32 Å². The molecule has 0 N–H and O–H groups in total. The topological polar surface area (TPSA) is 16.4 Å². The third-order valence-corrected chi connectivity index (χ3v) is 7.03. The Kier molecular flexibility index (Phi) is 4.46. The first kappa shape index (κ1) is 12.9. The monoisotopic (exact) mass is 251 g/mol. The van der Waals surface area contributed by atoms with Gasteiger partial charge in [0.25, 0.3) is 0 Å². The second-order valence-corrected chi connectivity index (χ2v) is 10.6. The van der Waals surface area contributed by atoms with Gasteiger partial charge in [0.05, 0.1) is 11.6 Å². The minimum absolute atomic E-state index is 1.26. The molecule has 2 rings (SSSR count). The van der Waals surface area contributed by atoms with Gasteiger partial charge in [0.2, 0.25) is 0 Å². The molecule has 0 bridgehead atoms. The molecule has 1 aliphatic rings. The van der Waals surface area contributed by atoms with Crippen LogP contribution in [0.5, 0.6) is 0 Å².